The molecule has 2 aromatic rings. The van der Waals surface area contributed by atoms with E-state index in [0.717, 1.165) is 17.2 Å². The van der Waals surface area contributed by atoms with Crippen LogP contribution in [0.15, 0.2) is 12.1 Å². The Morgan fingerprint density at radius 3 is 2.65 bits per heavy atom. The van der Waals surface area contributed by atoms with E-state index in [-0.39, 0.29) is 5.91 Å². The normalized spacial score (nSPS) is 11.3. The molecule has 1 heterocycles. The van der Waals surface area contributed by atoms with Crippen LogP contribution in [-0.2, 0) is 4.79 Å². The lowest BCUT2D eigenvalue weighted by Crippen LogP contribution is -3.06. The van der Waals surface area contributed by atoms with Gasteiger partial charge in [-0.25, -0.2) is 4.98 Å². The van der Waals surface area contributed by atoms with Crippen LogP contribution >= 0.6 is 11.3 Å². The highest BCUT2D eigenvalue weighted by Gasteiger charge is 2.18. The molecule has 1 aromatic carbocycles. The topological polar surface area (TPSA) is 37.6 Å². The summed E-state index contributed by atoms with van der Waals surface area (Å²) in [7, 11) is 4.17. The zero-order chi connectivity index (χ0) is 14.9. The molecule has 1 N–H and O–H groups in total. The van der Waals surface area contributed by atoms with E-state index >= 15 is 0 Å². The first-order valence-corrected chi connectivity index (χ1v) is 7.65. The Kier molecular flexibility index (Phi) is 4.40. The number of benzene rings is 1. The van der Waals surface area contributed by atoms with Crippen molar-refractivity contribution in [2.24, 2.45) is 0 Å². The van der Waals surface area contributed by atoms with Crippen molar-refractivity contribution in [2.75, 3.05) is 32.1 Å². The summed E-state index contributed by atoms with van der Waals surface area (Å²) in [5, 5.41) is 0.808. The van der Waals surface area contributed by atoms with Gasteiger partial charge in [-0.3, -0.25) is 9.69 Å². The molecule has 1 amide bonds. The molecule has 0 aliphatic heterocycles. The van der Waals surface area contributed by atoms with E-state index in [2.05, 4.69) is 45.1 Å². The predicted molar refractivity (Wildman–Crippen MR) is 84.8 cm³/mol. The first kappa shape index (κ1) is 14.9. The molecule has 0 aliphatic carbocycles. The first-order chi connectivity index (χ1) is 9.38. The number of hydrogen-bond donors (Lipinski definition) is 1. The lowest BCUT2D eigenvalue weighted by atomic mass is 10.1. The number of likely N-dealkylation sites (N-methyl/N-ethyl adjacent to an activating group) is 1. The standard InChI is InChI=1S/C15H21N3OS/c1-10-8-11(2)14-13(9-10)16-15(20-14)18(12(3)19)7-6-17(4)5/h8-9H,6-7H2,1-5H3/p+1. The highest BCUT2D eigenvalue weighted by atomic mass is 32.1. The molecular formula is C15H22N3OS+. The second-order valence-corrected chi connectivity index (χ2v) is 6.53. The molecule has 0 unspecified atom stereocenters. The van der Waals surface area contributed by atoms with Crippen molar-refractivity contribution >= 4 is 32.6 Å². The van der Waals surface area contributed by atoms with E-state index in [1.807, 2.05) is 0 Å². The van der Waals surface area contributed by atoms with Gasteiger partial charge in [0.05, 0.1) is 37.4 Å². The Morgan fingerprint density at radius 1 is 1.35 bits per heavy atom. The lowest BCUT2D eigenvalue weighted by molar-refractivity contribution is -0.856. The van der Waals surface area contributed by atoms with Crippen molar-refractivity contribution in [1.82, 2.24) is 4.98 Å². The van der Waals surface area contributed by atoms with Crippen LogP contribution in [0.2, 0.25) is 0 Å². The van der Waals surface area contributed by atoms with Gasteiger partial charge in [0, 0.05) is 6.92 Å². The van der Waals surface area contributed by atoms with Gasteiger partial charge in [-0.05, 0) is 31.0 Å². The fraction of sp³-hybridized carbons (Fsp3) is 0.467. The molecule has 108 valence electrons. The minimum Gasteiger partial charge on any atom is -0.338 e. The van der Waals surface area contributed by atoms with E-state index < -0.39 is 0 Å². The Morgan fingerprint density at radius 2 is 2.05 bits per heavy atom. The summed E-state index contributed by atoms with van der Waals surface area (Å²) in [6.07, 6.45) is 0. The number of thiazole rings is 1. The Hall–Kier alpha value is -1.46. The maximum absolute atomic E-state index is 11.9. The van der Waals surface area contributed by atoms with E-state index in [1.165, 1.54) is 20.7 Å². The fourth-order valence-corrected chi connectivity index (χ4v) is 3.29. The number of carbonyl (C=O) groups is 1. The molecule has 0 spiro atoms. The van der Waals surface area contributed by atoms with Crippen LogP contribution in [0.25, 0.3) is 10.2 Å². The van der Waals surface area contributed by atoms with Crippen LogP contribution in [0.4, 0.5) is 5.13 Å². The van der Waals surface area contributed by atoms with Gasteiger partial charge in [0.2, 0.25) is 5.91 Å². The summed E-state index contributed by atoms with van der Waals surface area (Å²) >= 11 is 1.61. The summed E-state index contributed by atoms with van der Waals surface area (Å²) in [6, 6.07) is 4.24. The van der Waals surface area contributed by atoms with Crippen LogP contribution in [0.5, 0.6) is 0 Å². The summed E-state index contributed by atoms with van der Waals surface area (Å²) in [5.74, 6) is 0.0553. The highest BCUT2D eigenvalue weighted by molar-refractivity contribution is 7.22. The third kappa shape index (κ3) is 3.16. The number of nitrogens with one attached hydrogen (secondary N) is 1. The van der Waals surface area contributed by atoms with Crippen molar-refractivity contribution in [3.8, 4) is 0 Å². The van der Waals surface area contributed by atoms with Gasteiger partial charge < -0.3 is 4.90 Å². The number of carbonyl (C=O) groups excluding carboxylic acids is 1. The number of amides is 1. The van der Waals surface area contributed by atoms with Crippen molar-refractivity contribution in [2.45, 2.75) is 20.8 Å². The third-order valence-corrected chi connectivity index (χ3v) is 4.48. The second kappa shape index (κ2) is 5.89. The minimum absolute atomic E-state index is 0.0553. The van der Waals surface area contributed by atoms with E-state index in [9.17, 15) is 4.79 Å². The number of quaternary nitrogens is 1. The van der Waals surface area contributed by atoms with Gasteiger partial charge in [0.1, 0.15) is 0 Å². The molecule has 0 saturated heterocycles. The van der Waals surface area contributed by atoms with E-state index in [4.69, 9.17) is 0 Å². The third-order valence-electron chi connectivity index (χ3n) is 3.26. The number of fused-ring (bicyclic) bond motifs is 1. The van der Waals surface area contributed by atoms with Crippen molar-refractivity contribution < 1.29 is 9.69 Å². The smallest absolute Gasteiger partial charge is 0.225 e. The molecule has 0 bridgehead atoms. The molecule has 0 atom stereocenters. The van der Waals surface area contributed by atoms with Crippen molar-refractivity contribution in [3.63, 3.8) is 0 Å². The van der Waals surface area contributed by atoms with Crippen molar-refractivity contribution in [1.29, 1.82) is 0 Å². The summed E-state index contributed by atoms with van der Waals surface area (Å²) in [5.41, 5.74) is 3.43. The lowest BCUT2D eigenvalue weighted by Gasteiger charge is -2.18. The quantitative estimate of drug-likeness (QED) is 0.925. The van der Waals surface area contributed by atoms with Gasteiger partial charge in [-0.15, -0.1) is 0 Å². The molecule has 0 saturated carbocycles. The Bertz CT molecular complexity index is 633. The number of rotatable bonds is 4. The van der Waals surface area contributed by atoms with Crippen LogP contribution in [0.1, 0.15) is 18.1 Å². The Labute approximate surface area is 124 Å². The number of aromatic nitrogens is 1. The minimum atomic E-state index is 0.0553. The summed E-state index contributed by atoms with van der Waals surface area (Å²) < 4.78 is 1.18. The average Bonchev–Trinajstić information content (AvgIpc) is 2.72. The fourth-order valence-electron chi connectivity index (χ4n) is 2.20. The molecule has 1 aromatic heterocycles. The number of aryl methyl sites for hydroxylation is 2. The van der Waals surface area contributed by atoms with Crippen LogP contribution < -0.4 is 9.80 Å². The SMILES string of the molecule is CC(=O)N(CC[NH+](C)C)c1nc2cc(C)cc(C)c2s1. The Balaban J connectivity index is 2.38. The van der Waals surface area contributed by atoms with Gasteiger partial charge in [-0.1, -0.05) is 17.4 Å². The van der Waals surface area contributed by atoms with Gasteiger partial charge in [0.25, 0.3) is 0 Å². The molecule has 5 heteroatoms. The van der Waals surface area contributed by atoms with Gasteiger partial charge >= 0.3 is 0 Å². The van der Waals surface area contributed by atoms with Crippen LogP contribution in [0.3, 0.4) is 0 Å². The average molecular weight is 292 g/mol. The number of nitrogens with zero attached hydrogens (tertiary/aromatic N) is 2. The zero-order valence-electron chi connectivity index (χ0n) is 12.8. The summed E-state index contributed by atoms with van der Waals surface area (Å²) in [6.45, 7) is 7.39. The molecule has 20 heavy (non-hydrogen) atoms. The van der Waals surface area contributed by atoms with Gasteiger partial charge in [0.15, 0.2) is 5.13 Å². The van der Waals surface area contributed by atoms with Gasteiger partial charge in [-0.2, -0.15) is 0 Å². The maximum atomic E-state index is 11.9. The predicted octanol–water partition coefficient (Wildman–Crippen LogP) is 1.41. The largest absolute Gasteiger partial charge is 0.338 e. The molecule has 2 rings (SSSR count). The maximum Gasteiger partial charge on any atom is 0.225 e. The monoisotopic (exact) mass is 292 g/mol. The molecule has 0 aliphatic rings. The first-order valence-electron chi connectivity index (χ1n) is 6.83. The van der Waals surface area contributed by atoms with E-state index in [0.29, 0.717) is 6.54 Å². The molecule has 0 fully saturated rings. The van der Waals surface area contributed by atoms with Crippen LogP contribution in [-0.4, -0.2) is 38.1 Å². The van der Waals surface area contributed by atoms with Crippen molar-refractivity contribution in [3.05, 3.63) is 23.3 Å². The van der Waals surface area contributed by atoms with E-state index in [1.54, 1.807) is 23.2 Å². The number of anilines is 1. The molecule has 4 nitrogen and oxygen atoms in total. The molecule has 0 radical (unpaired) electrons. The zero-order valence-corrected chi connectivity index (χ0v) is 13.6. The second-order valence-electron chi connectivity index (χ2n) is 5.55. The molecular weight excluding hydrogens is 270 g/mol. The highest BCUT2D eigenvalue weighted by Crippen LogP contribution is 2.31. The summed E-state index contributed by atoms with van der Waals surface area (Å²) in [4.78, 5) is 19.6. The number of hydrogen-bond acceptors (Lipinski definition) is 3. The van der Waals surface area contributed by atoms with Crippen LogP contribution in [0, 0.1) is 13.8 Å².